The van der Waals surface area contributed by atoms with Crippen molar-refractivity contribution in [1.82, 2.24) is 0 Å². The van der Waals surface area contributed by atoms with Crippen molar-refractivity contribution < 1.29 is 4.79 Å². The number of hydrogen-bond acceptors (Lipinski definition) is 1. The van der Waals surface area contributed by atoms with E-state index in [0.29, 0.717) is 5.92 Å². The van der Waals surface area contributed by atoms with Gasteiger partial charge in [0, 0.05) is 11.8 Å². The third kappa shape index (κ3) is 2.70. The predicted molar refractivity (Wildman–Crippen MR) is 49.6 cm³/mol. The zero-order valence-electron chi connectivity index (χ0n) is 7.89. The zero-order valence-corrected chi connectivity index (χ0v) is 7.89. The summed E-state index contributed by atoms with van der Waals surface area (Å²) in [5.41, 5.74) is 0. The fraction of sp³-hybridized carbons (Fsp3) is 0.727. The van der Waals surface area contributed by atoms with Crippen LogP contribution in [-0.2, 0) is 4.79 Å². The molecule has 0 unspecified atom stereocenters. The van der Waals surface area contributed by atoms with E-state index in [2.05, 4.69) is 11.8 Å². The van der Waals surface area contributed by atoms with Crippen molar-refractivity contribution in [1.29, 1.82) is 0 Å². The molecule has 1 aliphatic carbocycles. The van der Waals surface area contributed by atoms with Gasteiger partial charge in [-0.15, -0.1) is 0 Å². The summed E-state index contributed by atoms with van der Waals surface area (Å²) in [7, 11) is 0. The van der Waals surface area contributed by atoms with E-state index in [-0.39, 0.29) is 11.7 Å². The molecule has 0 bridgehead atoms. The Morgan fingerprint density at radius 3 is 2.42 bits per heavy atom. The van der Waals surface area contributed by atoms with Crippen molar-refractivity contribution >= 4 is 5.78 Å². The minimum absolute atomic E-state index is 0.0684. The van der Waals surface area contributed by atoms with Gasteiger partial charge in [0.1, 0.15) is 0 Å². The molecule has 1 fully saturated rings. The van der Waals surface area contributed by atoms with Crippen LogP contribution in [0.5, 0.6) is 0 Å². The van der Waals surface area contributed by atoms with Crippen LogP contribution >= 0.6 is 0 Å². The van der Waals surface area contributed by atoms with E-state index >= 15 is 0 Å². The van der Waals surface area contributed by atoms with Crippen molar-refractivity contribution in [2.75, 3.05) is 0 Å². The quantitative estimate of drug-likeness (QED) is 0.429. The maximum atomic E-state index is 11.1. The van der Waals surface area contributed by atoms with Crippen LogP contribution in [0, 0.1) is 23.7 Å². The molecule has 0 spiro atoms. The third-order valence-corrected chi connectivity index (χ3v) is 2.28. The van der Waals surface area contributed by atoms with Crippen molar-refractivity contribution in [3.8, 4) is 11.8 Å². The van der Waals surface area contributed by atoms with E-state index in [1.54, 1.807) is 0 Å². The third-order valence-electron chi connectivity index (χ3n) is 2.28. The molecule has 66 valence electrons. The van der Waals surface area contributed by atoms with E-state index in [9.17, 15) is 4.79 Å². The highest BCUT2D eigenvalue weighted by Crippen LogP contribution is 2.23. The summed E-state index contributed by atoms with van der Waals surface area (Å²) < 4.78 is 0. The highest BCUT2D eigenvalue weighted by molar-refractivity contribution is 5.96. The van der Waals surface area contributed by atoms with E-state index < -0.39 is 0 Å². The monoisotopic (exact) mass is 164 g/mol. The van der Waals surface area contributed by atoms with Gasteiger partial charge in [0.25, 0.3) is 0 Å². The smallest absolute Gasteiger partial charge is 0.207 e. The van der Waals surface area contributed by atoms with E-state index in [0.717, 1.165) is 0 Å². The molecule has 0 saturated heterocycles. The van der Waals surface area contributed by atoms with Gasteiger partial charge in [0.15, 0.2) is 0 Å². The largest absolute Gasteiger partial charge is 0.285 e. The minimum Gasteiger partial charge on any atom is -0.285 e. The normalized spacial score (nSPS) is 17.6. The number of Topliss-reactive ketones (excluding diaryl/α,β-unsaturated/α-hetero) is 1. The van der Waals surface area contributed by atoms with Crippen LogP contribution in [0.3, 0.4) is 0 Å². The van der Waals surface area contributed by atoms with Gasteiger partial charge in [-0.05, 0) is 18.8 Å². The van der Waals surface area contributed by atoms with Crippen molar-refractivity contribution in [3.05, 3.63) is 0 Å². The van der Waals surface area contributed by atoms with Gasteiger partial charge < -0.3 is 0 Å². The van der Waals surface area contributed by atoms with Crippen molar-refractivity contribution in [2.24, 2.45) is 11.8 Å². The van der Waals surface area contributed by atoms with Crippen LogP contribution in [0.25, 0.3) is 0 Å². The maximum Gasteiger partial charge on any atom is 0.207 e. The van der Waals surface area contributed by atoms with E-state index in [1.165, 1.54) is 25.7 Å². The molecular weight excluding hydrogens is 148 g/mol. The molecule has 12 heavy (non-hydrogen) atoms. The number of carbonyl (C=O) groups is 1. The maximum absolute atomic E-state index is 11.1. The molecule has 1 heteroatoms. The summed E-state index contributed by atoms with van der Waals surface area (Å²) in [4.78, 5) is 11.1. The molecule has 0 aromatic rings. The first-order valence-electron chi connectivity index (χ1n) is 4.75. The Kier molecular flexibility index (Phi) is 3.34. The summed E-state index contributed by atoms with van der Waals surface area (Å²) in [6.07, 6.45) is 4.96. The summed E-state index contributed by atoms with van der Waals surface area (Å²) in [6.45, 7) is 3.79. The molecular formula is C11H16O. The second-order valence-electron chi connectivity index (χ2n) is 3.77. The van der Waals surface area contributed by atoms with Gasteiger partial charge in [-0.1, -0.05) is 32.6 Å². The van der Waals surface area contributed by atoms with Crippen LogP contribution in [0.4, 0.5) is 0 Å². The molecule has 0 aromatic heterocycles. The lowest BCUT2D eigenvalue weighted by Crippen LogP contribution is -2.03. The number of carbonyl (C=O) groups excluding carboxylic acids is 1. The molecule has 0 amide bonds. The first kappa shape index (κ1) is 9.32. The average Bonchev–Trinajstić information content (AvgIpc) is 2.51. The first-order valence-corrected chi connectivity index (χ1v) is 4.75. The molecule has 0 aliphatic heterocycles. The van der Waals surface area contributed by atoms with Crippen LogP contribution in [0.15, 0.2) is 0 Å². The highest BCUT2D eigenvalue weighted by Gasteiger charge is 2.12. The van der Waals surface area contributed by atoms with Gasteiger partial charge in [-0.3, -0.25) is 4.79 Å². The molecule has 1 rings (SSSR count). The van der Waals surface area contributed by atoms with Crippen LogP contribution in [0.1, 0.15) is 39.5 Å². The second-order valence-corrected chi connectivity index (χ2v) is 3.77. The van der Waals surface area contributed by atoms with E-state index in [4.69, 9.17) is 0 Å². The van der Waals surface area contributed by atoms with Crippen LogP contribution in [0.2, 0.25) is 0 Å². The standard InChI is InChI=1S/C11H16O/c1-9(2)11(12)8-7-10-5-3-4-6-10/h9-10H,3-6H2,1-2H3. The van der Waals surface area contributed by atoms with E-state index in [1.807, 2.05) is 13.8 Å². The Hall–Kier alpha value is -0.770. The van der Waals surface area contributed by atoms with Gasteiger partial charge in [0.05, 0.1) is 0 Å². The summed E-state index contributed by atoms with van der Waals surface area (Å²) in [6, 6.07) is 0. The number of rotatable bonds is 1. The van der Waals surface area contributed by atoms with Crippen LogP contribution in [-0.4, -0.2) is 5.78 Å². The van der Waals surface area contributed by atoms with Gasteiger partial charge in [-0.2, -0.15) is 0 Å². The summed E-state index contributed by atoms with van der Waals surface area (Å²) in [5, 5.41) is 0. The molecule has 0 atom stereocenters. The van der Waals surface area contributed by atoms with Crippen LogP contribution < -0.4 is 0 Å². The molecule has 0 heterocycles. The fourth-order valence-corrected chi connectivity index (χ4v) is 1.39. The molecule has 0 aromatic carbocycles. The summed E-state index contributed by atoms with van der Waals surface area (Å²) >= 11 is 0. The Labute approximate surface area is 74.5 Å². The average molecular weight is 164 g/mol. The lowest BCUT2D eigenvalue weighted by Gasteiger charge is -1.96. The lowest BCUT2D eigenvalue weighted by atomic mass is 10.1. The molecule has 0 N–H and O–H groups in total. The van der Waals surface area contributed by atoms with Gasteiger partial charge in [-0.25, -0.2) is 0 Å². The Bertz CT molecular complexity index is 211. The molecule has 1 nitrogen and oxygen atoms in total. The predicted octanol–water partition coefficient (Wildman–Crippen LogP) is 2.41. The Morgan fingerprint density at radius 1 is 1.33 bits per heavy atom. The SMILES string of the molecule is CC(C)C(=O)C#CC1CCCC1. The molecule has 0 radical (unpaired) electrons. The topological polar surface area (TPSA) is 17.1 Å². The molecule has 1 saturated carbocycles. The summed E-state index contributed by atoms with van der Waals surface area (Å²) in [5.74, 6) is 6.46. The van der Waals surface area contributed by atoms with Crippen molar-refractivity contribution in [3.63, 3.8) is 0 Å². The fourth-order valence-electron chi connectivity index (χ4n) is 1.39. The minimum atomic E-state index is 0.0684. The van der Waals surface area contributed by atoms with Gasteiger partial charge in [0.2, 0.25) is 5.78 Å². The second kappa shape index (κ2) is 4.30. The molecule has 1 aliphatic rings. The Balaban J connectivity index is 2.41. The van der Waals surface area contributed by atoms with Crippen molar-refractivity contribution in [2.45, 2.75) is 39.5 Å². The van der Waals surface area contributed by atoms with Gasteiger partial charge >= 0.3 is 0 Å². The number of ketones is 1. The highest BCUT2D eigenvalue weighted by atomic mass is 16.1. The first-order chi connectivity index (χ1) is 5.70. The number of hydrogen-bond donors (Lipinski definition) is 0. The Morgan fingerprint density at radius 2 is 1.92 bits per heavy atom. The lowest BCUT2D eigenvalue weighted by molar-refractivity contribution is -0.116. The zero-order chi connectivity index (χ0) is 8.97.